The Kier molecular flexibility index (Phi) is 4.04. The molecule has 3 rings (SSSR count). The van der Waals surface area contributed by atoms with Crippen molar-refractivity contribution in [3.63, 3.8) is 0 Å². The van der Waals surface area contributed by atoms with Gasteiger partial charge in [0.1, 0.15) is 5.75 Å². The van der Waals surface area contributed by atoms with Crippen molar-refractivity contribution in [1.29, 1.82) is 0 Å². The van der Waals surface area contributed by atoms with Crippen molar-refractivity contribution in [3.8, 4) is 5.75 Å². The number of carbonyl (C=O) groups is 2. The average molecular weight is 376 g/mol. The first-order valence-electron chi connectivity index (χ1n) is 6.37. The highest BCUT2D eigenvalue weighted by Crippen LogP contribution is 2.36. The first-order valence-corrected chi connectivity index (χ1v) is 7.98. The second kappa shape index (κ2) is 5.98. The molecule has 0 spiro atoms. The van der Waals surface area contributed by atoms with Crippen molar-refractivity contribution < 1.29 is 14.7 Å². The van der Waals surface area contributed by atoms with Crippen LogP contribution in [-0.2, 0) is 4.79 Å². The maximum Gasteiger partial charge on any atom is 0.298 e. The Bertz CT molecular complexity index is 786. The van der Waals surface area contributed by atoms with Gasteiger partial charge < -0.3 is 5.11 Å². The van der Waals surface area contributed by atoms with Gasteiger partial charge >= 0.3 is 0 Å². The molecule has 1 aliphatic rings. The first kappa shape index (κ1) is 14.9. The summed E-state index contributed by atoms with van der Waals surface area (Å²) in [5.41, 5.74) is 1.20. The predicted octanol–water partition coefficient (Wildman–Crippen LogP) is 4.40. The molecule has 1 aliphatic heterocycles. The summed E-state index contributed by atoms with van der Waals surface area (Å²) < 4.78 is 0.942. The second-order valence-corrected chi connectivity index (χ2v) is 6.50. The number of nitrogens with zero attached hydrogens (tertiary/aromatic N) is 1. The summed E-state index contributed by atoms with van der Waals surface area (Å²) in [6, 6.07) is 13.5. The van der Waals surface area contributed by atoms with Gasteiger partial charge in [0.25, 0.3) is 11.1 Å². The molecule has 0 unspecified atom stereocenters. The molecule has 110 valence electrons. The summed E-state index contributed by atoms with van der Waals surface area (Å²) in [6.45, 7) is 0. The van der Waals surface area contributed by atoms with Crippen LogP contribution >= 0.6 is 27.7 Å². The number of imide groups is 1. The van der Waals surface area contributed by atoms with Crippen LogP contribution in [0.4, 0.5) is 10.5 Å². The monoisotopic (exact) mass is 375 g/mol. The van der Waals surface area contributed by atoms with E-state index in [2.05, 4.69) is 15.9 Å². The Labute approximate surface area is 139 Å². The van der Waals surface area contributed by atoms with E-state index in [1.54, 1.807) is 18.2 Å². The lowest BCUT2D eigenvalue weighted by atomic mass is 10.2. The average Bonchev–Trinajstić information content (AvgIpc) is 2.76. The quantitative estimate of drug-likeness (QED) is 0.790. The number of rotatable bonds is 2. The smallest absolute Gasteiger partial charge is 0.298 e. The fourth-order valence-corrected chi connectivity index (χ4v) is 3.14. The number of phenols is 1. The van der Waals surface area contributed by atoms with Crippen LogP contribution < -0.4 is 4.90 Å². The van der Waals surface area contributed by atoms with Gasteiger partial charge in [0.15, 0.2) is 0 Å². The van der Waals surface area contributed by atoms with Crippen LogP contribution in [0.5, 0.6) is 5.75 Å². The number of anilines is 1. The topological polar surface area (TPSA) is 57.6 Å². The minimum absolute atomic E-state index is 0.00781. The lowest BCUT2D eigenvalue weighted by Crippen LogP contribution is -2.27. The van der Waals surface area contributed by atoms with Crippen LogP contribution in [0.2, 0.25) is 0 Å². The summed E-state index contributed by atoms with van der Waals surface area (Å²) in [5, 5.41) is 9.12. The molecule has 4 nitrogen and oxygen atoms in total. The third-order valence-electron chi connectivity index (χ3n) is 3.05. The third kappa shape index (κ3) is 2.93. The molecular formula is C16H10BrNO3S. The van der Waals surface area contributed by atoms with Gasteiger partial charge in [-0.25, -0.2) is 4.90 Å². The molecule has 22 heavy (non-hydrogen) atoms. The largest absolute Gasteiger partial charge is 0.508 e. The van der Waals surface area contributed by atoms with E-state index in [9.17, 15) is 14.7 Å². The number of thioether (sulfide) groups is 1. The van der Waals surface area contributed by atoms with E-state index in [1.165, 1.54) is 12.1 Å². The molecule has 2 aromatic rings. The van der Waals surface area contributed by atoms with Gasteiger partial charge in [-0.05, 0) is 47.7 Å². The maximum atomic E-state index is 12.4. The molecule has 0 saturated carbocycles. The van der Waals surface area contributed by atoms with Gasteiger partial charge in [-0.3, -0.25) is 9.59 Å². The third-order valence-corrected chi connectivity index (χ3v) is 4.45. The summed E-state index contributed by atoms with van der Waals surface area (Å²) in [7, 11) is 0. The molecule has 1 heterocycles. The van der Waals surface area contributed by atoms with E-state index in [4.69, 9.17) is 0 Å². The van der Waals surface area contributed by atoms with E-state index in [0.29, 0.717) is 10.6 Å². The number of halogens is 1. The Hall–Kier alpha value is -2.05. The molecule has 0 aromatic heterocycles. The van der Waals surface area contributed by atoms with E-state index in [-0.39, 0.29) is 16.9 Å². The van der Waals surface area contributed by atoms with Crippen LogP contribution in [0.1, 0.15) is 5.56 Å². The fourth-order valence-electron chi connectivity index (χ4n) is 2.03. The molecule has 1 fully saturated rings. The first-order chi connectivity index (χ1) is 10.5. The number of amides is 2. The van der Waals surface area contributed by atoms with Crippen LogP contribution in [0.15, 0.2) is 57.9 Å². The SMILES string of the molecule is O=C1S/C(=C\c2ccc(Br)cc2)C(=O)N1c1cccc(O)c1. The molecule has 2 aromatic carbocycles. The van der Waals surface area contributed by atoms with Crippen molar-refractivity contribution in [2.45, 2.75) is 0 Å². The molecule has 1 saturated heterocycles. The standard InChI is InChI=1S/C16H10BrNO3S/c17-11-6-4-10(5-7-11)8-14-15(20)18(16(21)22-14)12-2-1-3-13(19)9-12/h1-9,19H/b14-8-. The zero-order chi connectivity index (χ0) is 15.7. The highest BCUT2D eigenvalue weighted by molar-refractivity contribution is 9.10. The van der Waals surface area contributed by atoms with Crippen LogP contribution in [0.3, 0.4) is 0 Å². The minimum atomic E-state index is -0.386. The maximum absolute atomic E-state index is 12.4. The number of aromatic hydroxyl groups is 1. The lowest BCUT2D eigenvalue weighted by Gasteiger charge is -2.12. The fraction of sp³-hybridized carbons (Fsp3) is 0. The van der Waals surface area contributed by atoms with Gasteiger partial charge in [0.2, 0.25) is 0 Å². The summed E-state index contributed by atoms with van der Waals surface area (Å²) >= 11 is 4.23. The predicted molar refractivity (Wildman–Crippen MR) is 90.7 cm³/mol. The molecular weight excluding hydrogens is 366 g/mol. The summed E-state index contributed by atoms with van der Waals surface area (Å²) in [5.74, 6) is -0.378. The Morgan fingerprint density at radius 2 is 1.82 bits per heavy atom. The number of phenolic OH excluding ortho intramolecular Hbond substituents is 1. The van der Waals surface area contributed by atoms with Gasteiger partial charge in [0, 0.05) is 10.5 Å². The van der Waals surface area contributed by atoms with E-state index < -0.39 is 0 Å². The van der Waals surface area contributed by atoms with Gasteiger partial charge in [-0.15, -0.1) is 0 Å². The number of hydrogen-bond acceptors (Lipinski definition) is 4. The Morgan fingerprint density at radius 1 is 1.09 bits per heavy atom. The Balaban J connectivity index is 1.93. The van der Waals surface area contributed by atoms with Crippen molar-refractivity contribution in [2.24, 2.45) is 0 Å². The highest BCUT2D eigenvalue weighted by atomic mass is 79.9. The van der Waals surface area contributed by atoms with E-state index in [1.807, 2.05) is 24.3 Å². The zero-order valence-corrected chi connectivity index (χ0v) is 13.6. The minimum Gasteiger partial charge on any atom is -0.508 e. The molecule has 0 aliphatic carbocycles. The molecule has 1 N–H and O–H groups in total. The number of carbonyl (C=O) groups excluding carboxylic acids is 2. The summed E-state index contributed by atoms with van der Waals surface area (Å²) in [6.07, 6.45) is 1.68. The van der Waals surface area contributed by atoms with Gasteiger partial charge in [0.05, 0.1) is 10.6 Å². The van der Waals surface area contributed by atoms with Crippen molar-refractivity contribution in [2.75, 3.05) is 4.90 Å². The molecule has 0 bridgehead atoms. The Morgan fingerprint density at radius 3 is 2.50 bits per heavy atom. The van der Waals surface area contributed by atoms with Crippen LogP contribution in [0, 0.1) is 0 Å². The molecule has 2 amide bonds. The van der Waals surface area contributed by atoms with Gasteiger partial charge in [-0.1, -0.05) is 34.1 Å². The van der Waals surface area contributed by atoms with Gasteiger partial charge in [-0.2, -0.15) is 0 Å². The normalized spacial score (nSPS) is 16.6. The van der Waals surface area contributed by atoms with Crippen molar-refractivity contribution in [1.82, 2.24) is 0 Å². The molecule has 6 heteroatoms. The van der Waals surface area contributed by atoms with Crippen LogP contribution in [0.25, 0.3) is 6.08 Å². The van der Waals surface area contributed by atoms with Crippen molar-refractivity contribution in [3.05, 3.63) is 63.5 Å². The lowest BCUT2D eigenvalue weighted by molar-refractivity contribution is -0.113. The van der Waals surface area contributed by atoms with E-state index in [0.717, 1.165) is 26.7 Å². The van der Waals surface area contributed by atoms with E-state index >= 15 is 0 Å². The van der Waals surface area contributed by atoms with Crippen molar-refractivity contribution >= 4 is 50.6 Å². The molecule has 0 radical (unpaired) electrons. The number of benzene rings is 2. The van der Waals surface area contributed by atoms with Crippen LogP contribution in [-0.4, -0.2) is 16.3 Å². The highest BCUT2D eigenvalue weighted by Gasteiger charge is 2.36. The summed E-state index contributed by atoms with van der Waals surface area (Å²) in [4.78, 5) is 25.9. The molecule has 0 atom stereocenters. The second-order valence-electron chi connectivity index (χ2n) is 4.59. The zero-order valence-electron chi connectivity index (χ0n) is 11.2. The number of hydrogen-bond donors (Lipinski definition) is 1.